The van der Waals surface area contributed by atoms with Gasteiger partial charge < -0.3 is 29.8 Å². The Morgan fingerprint density at radius 2 is 1.94 bits per heavy atom. The van der Waals surface area contributed by atoms with Crippen molar-refractivity contribution in [3.8, 4) is 11.5 Å². The lowest BCUT2D eigenvalue weighted by Crippen LogP contribution is -2.52. The number of piperidine rings is 1. The fourth-order valence-corrected chi connectivity index (χ4v) is 6.75. The summed E-state index contributed by atoms with van der Waals surface area (Å²) in [6, 6.07) is 7.00. The summed E-state index contributed by atoms with van der Waals surface area (Å²) in [7, 11) is 0. The van der Waals surface area contributed by atoms with Crippen LogP contribution in [0.2, 0.25) is 0 Å². The molecular weight excluding hydrogens is 642 g/mol. The van der Waals surface area contributed by atoms with Gasteiger partial charge in [-0.2, -0.15) is 8.78 Å². The maximum atomic E-state index is 15.6. The Hall–Kier alpha value is -4.04. The maximum absolute atomic E-state index is 15.6. The van der Waals surface area contributed by atoms with Crippen LogP contribution in [0.3, 0.4) is 0 Å². The summed E-state index contributed by atoms with van der Waals surface area (Å²) in [6.45, 7) is 3.68. The van der Waals surface area contributed by atoms with E-state index in [4.69, 9.17) is 9.97 Å². The quantitative estimate of drug-likeness (QED) is 0.205. The van der Waals surface area contributed by atoms with Gasteiger partial charge in [0.05, 0.1) is 46.7 Å². The topological polar surface area (TPSA) is 115 Å². The van der Waals surface area contributed by atoms with Gasteiger partial charge in [0.1, 0.15) is 17.6 Å². The highest BCUT2D eigenvalue weighted by atomic mass is 19.3. The Bertz CT molecular complexity index is 1840. The predicted molar refractivity (Wildman–Crippen MR) is 177 cm³/mol. The lowest BCUT2D eigenvalue weighted by Gasteiger charge is -2.27. The summed E-state index contributed by atoms with van der Waals surface area (Å²) in [4.78, 5) is 36.1. The van der Waals surface area contributed by atoms with E-state index in [1.807, 2.05) is 43.5 Å². The average molecular weight is 686 g/mol. The molecule has 5 heterocycles. The van der Waals surface area contributed by atoms with Crippen LogP contribution in [0.5, 0.6) is 0 Å². The van der Waals surface area contributed by atoms with Crippen LogP contribution in [0.25, 0.3) is 33.6 Å². The molecule has 3 N–H and O–H groups in total. The second kappa shape index (κ2) is 14.4. The van der Waals surface area contributed by atoms with Gasteiger partial charge in [-0.25, -0.2) is 18.7 Å². The monoisotopic (exact) mass is 685 g/mol. The number of hydrogen-bond donors (Lipinski definition) is 3. The number of ether oxygens (including phenoxy) is 1. The van der Waals surface area contributed by atoms with Crippen molar-refractivity contribution >= 4 is 33.9 Å². The van der Waals surface area contributed by atoms with E-state index >= 15 is 4.39 Å². The largest absolute Gasteiger partial charge is 0.348 e. The summed E-state index contributed by atoms with van der Waals surface area (Å²) in [6.07, 6.45) is 3.28. The number of imidazole rings is 1. The Balaban J connectivity index is 1.44. The van der Waals surface area contributed by atoms with Gasteiger partial charge in [0, 0.05) is 36.5 Å². The van der Waals surface area contributed by atoms with E-state index < -0.39 is 36.0 Å². The fraction of sp³-hybridized carbons (Fsp3) is 0.543. The van der Waals surface area contributed by atoms with E-state index in [0.29, 0.717) is 35.9 Å². The molecule has 0 radical (unpaired) electrons. The van der Waals surface area contributed by atoms with Gasteiger partial charge in [-0.3, -0.25) is 9.59 Å². The molecule has 0 saturated carbocycles. The standard InChI is InChI=1S/C35H43F4N7O3/c1-20-25-9-8-21-16-29(45(30(21)42-25)13-7-5-4-6-11-35(2,3)33(48)41-20)31-43-26-17-22(32(47)44-27-19-40-12-10-23(27)36)24(37)18-28(26)46(31)14-15-49-34(38)39/h8-9,16-18,20,23,27,34,40H,4-7,10-15,19H2,1-3H3,(H,41,48)(H,44,47)/t20-,23+,27+/m1/s1. The Kier molecular flexibility index (Phi) is 10.3. The number of carbonyl (C=O) groups is 2. The van der Waals surface area contributed by atoms with E-state index in [9.17, 15) is 22.8 Å². The number of hydrogen-bond acceptors (Lipinski definition) is 6. The zero-order valence-electron chi connectivity index (χ0n) is 28.0. The maximum Gasteiger partial charge on any atom is 0.345 e. The minimum absolute atomic E-state index is 0.0324. The highest BCUT2D eigenvalue weighted by Crippen LogP contribution is 2.33. The van der Waals surface area contributed by atoms with E-state index in [2.05, 4.69) is 20.7 Å². The van der Waals surface area contributed by atoms with Gasteiger partial charge >= 0.3 is 6.61 Å². The first-order valence-corrected chi connectivity index (χ1v) is 17.0. The fourth-order valence-electron chi connectivity index (χ4n) is 6.75. The molecule has 2 aliphatic heterocycles. The van der Waals surface area contributed by atoms with E-state index in [1.165, 1.54) is 6.07 Å². The number of benzene rings is 1. The van der Waals surface area contributed by atoms with Crippen LogP contribution < -0.4 is 16.0 Å². The van der Waals surface area contributed by atoms with Crippen LogP contribution in [0.4, 0.5) is 17.6 Å². The zero-order chi connectivity index (χ0) is 34.9. The van der Waals surface area contributed by atoms with Crippen molar-refractivity contribution in [2.75, 3.05) is 19.7 Å². The Labute approximate surface area is 282 Å². The third-order valence-corrected chi connectivity index (χ3v) is 9.69. The van der Waals surface area contributed by atoms with Gasteiger partial charge in [0.15, 0.2) is 5.82 Å². The summed E-state index contributed by atoms with van der Waals surface area (Å²) in [5.41, 5.74) is 1.74. The number of aromatic nitrogens is 4. The molecule has 49 heavy (non-hydrogen) atoms. The normalized spacial score (nSPS) is 22.0. The molecule has 4 aromatic rings. The van der Waals surface area contributed by atoms with Crippen molar-refractivity contribution in [2.45, 2.75) is 97.3 Å². The minimum atomic E-state index is -2.99. The molecule has 264 valence electrons. The van der Waals surface area contributed by atoms with Crippen LogP contribution in [-0.4, -0.2) is 69.4 Å². The molecule has 0 spiro atoms. The second-order valence-electron chi connectivity index (χ2n) is 13.7. The van der Waals surface area contributed by atoms with Crippen molar-refractivity contribution in [3.63, 3.8) is 0 Å². The first-order valence-electron chi connectivity index (χ1n) is 17.0. The van der Waals surface area contributed by atoms with Crippen molar-refractivity contribution in [1.82, 2.24) is 35.1 Å². The number of carbonyl (C=O) groups excluding carboxylic acids is 2. The number of nitrogens with zero attached hydrogens (tertiary/aromatic N) is 4. The van der Waals surface area contributed by atoms with Gasteiger partial charge in [0.25, 0.3) is 5.91 Å². The molecule has 2 amide bonds. The number of nitrogens with one attached hydrogen (secondary N) is 3. The molecule has 10 nitrogen and oxygen atoms in total. The SMILES string of the molecule is C[C@H]1NC(=O)C(C)(C)CCCCCCn2c(-c3nc4cc(C(=O)N[C@H]5CNCC[C@@H]5F)c(F)cc4n3CCOC(F)F)cc3ccc1nc32. The summed E-state index contributed by atoms with van der Waals surface area (Å²) in [5, 5.41) is 9.54. The van der Waals surface area contributed by atoms with Gasteiger partial charge in [0.2, 0.25) is 5.91 Å². The van der Waals surface area contributed by atoms with Crippen molar-refractivity contribution < 1.29 is 31.9 Å². The highest BCUT2D eigenvalue weighted by Gasteiger charge is 2.30. The van der Waals surface area contributed by atoms with E-state index in [0.717, 1.165) is 43.6 Å². The minimum Gasteiger partial charge on any atom is -0.348 e. The first kappa shape index (κ1) is 34.8. The lowest BCUT2D eigenvalue weighted by molar-refractivity contribution is -0.131. The van der Waals surface area contributed by atoms with Crippen molar-refractivity contribution in [2.24, 2.45) is 5.41 Å². The number of halogens is 4. The van der Waals surface area contributed by atoms with E-state index in [1.54, 1.807) is 4.57 Å². The van der Waals surface area contributed by atoms with Gasteiger partial charge in [-0.05, 0) is 57.0 Å². The summed E-state index contributed by atoms with van der Waals surface area (Å²) >= 11 is 0. The molecule has 1 fully saturated rings. The lowest BCUT2D eigenvalue weighted by atomic mass is 9.85. The van der Waals surface area contributed by atoms with Crippen LogP contribution in [0.15, 0.2) is 30.3 Å². The molecular formula is C35H43F4N7O3. The van der Waals surface area contributed by atoms with E-state index in [-0.39, 0.29) is 54.7 Å². The molecule has 6 rings (SSSR count). The summed E-state index contributed by atoms with van der Waals surface area (Å²) < 4.78 is 64.4. The molecule has 1 aromatic carbocycles. The summed E-state index contributed by atoms with van der Waals surface area (Å²) in [5.74, 6) is -1.28. The molecule has 2 bridgehead atoms. The molecule has 3 atom stereocenters. The van der Waals surface area contributed by atoms with Crippen LogP contribution in [0.1, 0.15) is 81.4 Å². The van der Waals surface area contributed by atoms with Gasteiger partial charge in [-0.1, -0.05) is 33.1 Å². The third-order valence-electron chi connectivity index (χ3n) is 9.69. The molecule has 0 unspecified atom stereocenters. The zero-order valence-corrected chi connectivity index (χ0v) is 28.0. The number of amides is 2. The number of pyridine rings is 1. The van der Waals surface area contributed by atoms with Crippen LogP contribution in [-0.2, 0) is 22.6 Å². The number of aryl methyl sites for hydroxylation is 1. The molecule has 0 aliphatic carbocycles. The number of fused-ring (bicyclic) bond motifs is 2. The molecule has 1 saturated heterocycles. The number of alkyl halides is 3. The second-order valence-corrected chi connectivity index (χ2v) is 13.7. The average Bonchev–Trinajstić information content (AvgIpc) is 3.59. The van der Waals surface area contributed by atoms with Gasteiger partial charge in [-0.15, -0.1) is 0 Å². The molecule has 3 aromatic heterocycles. The highest BCUT2D eigenvalue weighted by molar-refractivity contribution is 5.98. The first-order chi connectivity index (χ1) is 23.4. The Morgan fingerprint density at radius 1 is 1.14 bits per heavy atom. The smallest absolute Gasteiger partial charge is 0.345 e. The number of rotatable bonds is 7. The molecule has 2 aliphatic rings. The molecule has 14 heteroatoms. The van der Waals surface area contributed by atoms with Crippen molar-refractivity contribution in [1.29, 1.82) is 0 Å². The van der Waals surface area contributed by atoms with Crippen molar-refractivity contribution in [3.05, 3.63) is 47.4 Å². The predicted octanol–water partition coefficient (Wildman–Crippen LogP) is 6.03. The van der Waals surface area contributed by atoms with Crippen LogP contribution in [0, 0.1) is 11.2 Å². The third kappa shape index (κ3) is 7.45. The van der Waals surface area contributed by atoms with Crippen LogP contribution >= 0.6 is 0 Å². The Morgan fingerprint density at radius 3 is 2.71 bits per heavy atom.